The van der Waals surface area contributed by atoms with Crippen molar-refractivity contribution in [3.8, 4) is 0 Å². The number of rotatable bonds is 4. The van der Waals surface area contributed by atoms with Crippen LogP contribution in [0.5, 0.6) is 0 Å². The fraction of sp³-hybridized carbons (Fsp3) is 0.500. The molecule has 6 nitrogen and oxygen atoms in total. The van der Waals surface area contributed by atoms with E-state index < -0.39 is 0 Å². The monoisotopic (exact) mass is 273 g/mol. The highest BCUT2D eigenvalue weighted by molar-refractivity contribution is 5.36. The van der Waals surface area contributed by atoms with Crippen LogP contribution >= 0.6 is 0 Å². The number of piperidine rings is 1. The Labute approximate surface area is 118 Å². The molecule has 0 bridgehead atoms. The van der Waals surface area contributed by atoms with Gasteiger partial charge in [0.15, 0.2) is 0 Å². The molecule has 1 aliphatic rings. The van der Waals surface area contributed by atoms with Crippen molar-refractivity contribution >= 4 is 5.82 Å². The number of hydrogen-bond acceptors (Lipinski definition) is 6. The normalized spacial score (nSPS) is 17.2. The number of anilines is 1. The zero-order valence-corrected chi connectivity index (χ0v) is 11.6. The fourth-order valence-electron chi connectivity index (χ4n) is 2.69. The Kier molecular flexibility index (Phi) is 3.92. The Bertz CT molecular complexity index is 508. The van der Waals surface area contributed by atoms with E-state index in [0.717, 1.165) is 44.0 Å². The minimum atomic E-state index is 0.540. The second kappa shape index (κ2) is 6.00. The molecule has 1 aliphatic heterocycles. The molecule has 1 saturated heterocycles. The molecule has 0 spiro atoms. The number of likely N-dealkylation sites (tertiary alicyclic amines) is 1. The average Bonchev–Trinajstić information content (AvgIpc) is 3.01. The Morgan fingerprint density at radius 2 is 2.20 bits per heavy atom. The summed E-state index contributed by atoms with van der Waals surface area (Å²) in [5.74, 6) is 0.995. The van der Waals surface area contributed by atoms with Crippen LogP contribution in [-0.2, 0) is 6.54 Å². The third kappa shape index (κ3) is 2.96. The van der Waals surface area contributed by atoms with Crippen molar-refractivity contribution in [1.82, 2.24) is 20.0 Å². The highest BCUT2D eigenvalue weighted by atomic mass is 16.5. The fourth-order valence-corrected chi connectivity index (χ4v) is 2.69. The Balaban J connectivity index is 1.53. The van der Waals surface area contributed by atoms with E-state index in [1.807, 2.05) is 12.1 Å². The zero-order chi connectivity index (χ0) is 13.8. The molecule has 20 heavy (non-hydrogen) atoms. The second-order valence-electron chi connectivity index (χ2n) is 5.18. The minimum Gasteiger partial charge on any atom is -0.364 e. The van der Waals surface area contributed by atoms with Gasteiger partial charge in [-0.1, -0.05) is 5.16 Å². The lowest BCUT2D eigenvalue weighted by molar-refractivity contribution is 0.198. The standard InChI is InChI=1S/C14H19N5O/c1-18(14-2-6-15-11-16-14)13-3-7-19(8-4-13)10-12-5-9-20-17-12/h2,5-6,9,11,13H,3-4,7-8,10H2,1H3. The van der Waals surface area contributed by atoms with Gasteiger partial charge in [0.25, 0.3) is 0 Å². The topological polar surface area (TPSA) is 58.3 Å². The number of nitrogens with zero attached hydrogens (tertiary/aromatic N) is 5. The van der Waals surface area contributed by atoms with E-state index >= 15 is 0 Å². The van der Waals surface area contributed by atoms with Gasteiger partial charge in [-0.15, -0.1) is 0 Å². The third-order valence-electron chi connectivity index (χ3n) is 3.91. The summed E-state index contributed by atoms with van der Waals surface area (Å²) >= 11 is 0. The van der Waals surface area contributed by atoms with E-state index in [9.17, 15) is 0 Å². The van der Waals surface area contributed by atoms with Gasteiger partial charge in [-0.25, -0.2) is 9.97 Å². The summed E-state index contributed by atoms with van der Waals surface area (Å²) in [7, 11) is 2.11. The first kappa shape index (κ1) is 13.1. The van der Waals surface area contributed by atoms with Crippen molar-refractivity contribution in [2.75, 3.05) is 25.0 Å². The summed E-state index contributed by atoms with van der Waals surface area (Å²) in [6, 6.07) is 4.43. The minimum absolute atomic E-state index is 0.540. The molecule has 2 aromatic rings. The van der Waals surface area contributed by atoms with Crippen LogP contribution < -0.4 is 4.90 Å². The molecule has 0 atom stereocenters. The molecular formula is C14H19N5O. The van der Waals surface area contributed by atoms with E-state index in [1.165, 1.54) is 0 Å². The summed E-state index contributed by atoms with van der Waals surface area (Å²) in [6.07, 6.45) is 7.30. The van der Waals surface area contributed by atoms with E-state index in [2.05, 4.69) is 32.0 Å². The van der Waals surface area contributed by atoms with E-state index in [1.54, 1.807) is 18.8 Å². The van der Waals surface area contributed by atoms with Gasteiger partial charge in [-0.2, -0.15) is 0 Å². The smallest absolute Gasteiger partial charge is 0.131 e. The van der Waals surface area contributed by atoms with Crippen LogP contribution in [0.3, 0.4) is 0 Å². The Morgan fingerprint density at radius 3 is 2.85 bits per heavy atom. The summed E-state index contributed by atoms with van der Waals surface area (Å²) in [5.41, 5.74) is 1.01. The van der Waals surface area contributed by atoms with Crippen molar-refractivity contribution in [2.24, 2.45) is 0 Å². The molecule has 0 aromatic carbocycles. The second-order valence-corrected chi connectivity index (χ2v) is 5.18. The first-order valence-electron chi connectivity index (χ1n) is 6.93. The van der Waals surface area contributed by atoms with Gasteiger partial charge in [-0.05, 0) is 18.9 Å². The summed E-state index contributed by atoms with van der Waals surface area (Å²) < 4.78 is 4.87. The van der Waals surface area contributed by atoms with Gasteiger partial charge in [0.2, 0.25) is 0 Å². The summed E-state index contributed by atoms with van der Waals surface area (Å²) in [6.45, 7) is 3.03. The highest BCUT2D eigenvalue weighted by Crippen LogP contribution is 2.20. The number of hydrogen-bond donors (Lipinski definition) is 0. The van der Waals surface area contributed by atoms with Crippen LogP contribution in [0.4, 0.5) is 5.82 Å². The molecule has 2 aromatic heterocycles. The maximum Gasteiger partial charge on any atom is 0.131 e. The van der Waals surface area contributed by atoms with E-state index in [0.29, 0.717) is 6.04 Å². The van der Waals surface area contributed by atoms with Crippen molar-refractivity contribution in [2.45, 2.75) is 25.4 Å². The first-order valence-corrected chi connectivity index (χ1v) is 6.93. The molecule has 0 radical (unpaired) electrons. The van der Waals surface area contributed by atoms with Crippen LogP contribution in [0.25, 0.3) is 0 Å². The van der Waals surface area contributed by atoms with Gasteiger partial charge >= 0.3 is 0 Å². The Hall–Kier alpha value is -1.95. The van der Waals surface area contributed by atoms with E-state index in [-0.39, 0.29) is 0 Å². The lowest BCUT2D eigenvalue weighted by atomic mass is 10.0. The summed E-state index contributed by atoms with van der Waals surface area (Å²) in [4.78, 5) is 13.0. The predicted octanol–water partition coefficient (Wildman–Crippen LogP) is 1.57. The molecule has 1 fully saturated rings. The molecular weight excluding hydrogens is 254 g/mol. The molecule has 0 unspecified atom stereocenters. The zero-order valence-electron chi connectivity index (χ0n) is 11.6. The van der Waals surface area contributed by atoms with Gasteiger partial charge in [0.1, 0.15) is 18.4 Å². The van der Waals surface area contributed by atoms with Crippen molar-refractivity contribution < 1.29 is 4.52 Å². The lowest BCUT2D eigenvalue weighted by Gasteiger charge is -2.36. The van der Waals surface area contributed by atoms with Gasteiger partial charge < -0.3 is 9.42 Å². The molecule has 6 heteroatoms. The van der Waals surface area contributed by atoms with Gasteiger partial charge in [0, 0.05) is 45.0 Å². The van der Waals surface area contributed by atoms with Crippen LogP contribution in [0, 0.1) is 0 Å². The van der Waals surface area contributed by atoms with Crippen LogP contribution in [0.1, 0.15) is 18.5 Å². The van der Waals surface area contributed by atoms with Crippen LogP contribution in [0.15, 0.2) is 35.4 Å². The Morgan fingerprint density at radius 1 is 1.35 bits per heavy atom. The molecule has 106 valence electrons. The largest absolute Gasteiger partial charge is 0.364 e. The summed E-state index contributed by atoms with van der Waals surface area (Å²) in [5, 5.41) is 3.97. The maximum absolute atomic E-state index is 4.87. The molecule has 0 N–H and O–H groups in total. The lowest BCUT2D eigenvalue weighted by Crippen LogP contribution is -2.43. The van der Waals surface area contributed by atoms with Gasteiger partial charge in [0.05, 0.1) is 5.69 Å². The predicted molar refractivity (Wildman–Crippen MR) is 75.2 cm³/mol. The molecule has 0 aliphatic carbocycles. The molecule has 3 rings (SSSR count). The van der Waals surface area contributed by atoms with Crippen molar-refractivity contribution in [3.63, 3.8) is 0 Å². The quantitative estimate of drug-likeness (QED) is 0.842. The highest BCUT2D eigenvalue weighted by Gasteiger charge is 2.23. The molecule has 0 amide bonds. The van der Waals surface area contributed by atoms with Gasteiger partial charge in [-0.3, -0.25) is 4.90 Å². The van der Waals surface area contributed by atoms with Crippen LogP contribution in [0.2, 0.25) is 0 Å². The third-order valence-corrected chi connectivity index (χ3v) is 3.91. The SMILES string of the molecule is CN(c1ccncn1)C1CCN(Cc2ccon2)CC1. The van der Waals surface area contributed by atoms with Crippen LogP contribution in [-0.4, -0.2) is 46.2 Å². The van der Waals surface area contributed by atoms with Crippen molar-refractivity contribution in [3.05, 3.63) is 36.6 Å². The van der Waals surface area contributed by atoms with E-state index in [4.69, 9.17) is 4.52 Å². The van der Waals surface area contributed by atoms with Crippen molar-refractivity contribution in [1.29, 1.82) is 0 Å². The maximum atomic E-state index is 4.87. The number of aromatic nitrogens is 3. The molecule has 0 saturated carbocycles. The average molecular weight is 273 g/mol. The first-order chi connectivity index (χ1) is 9.83. The molecule has 3 heterocycles.